The van der Waals surface area contributed by atoms with Crippen molar-refractivity contribution in [3.05, 3.63) is 34.7 Å². The SMILES string of the molecule is CCOC(=O)COc1ccc(/C=C2\SC(=O)N(CC(=O)N(C(C)C)C(C)C)C2=O)cc1. The smallest absolute Gasteiger partial charge is 0.344 e. The summed E-state index contributed by atoms with van der Waals surface area (Å²) in [7, 11) is 0. The zero-order chi connectivity index (χ0) is 23.1. The highest BCUT2D eigenvalue weighted by Crippen LogP contribution is 2.32. The fourth-order valence-corrected chi connectivity index (χ4v) is 4.02. The second kappa shape index (κ2) is 11.0. The van der Waals surface area contributed by atoms with Gasteiger partial charge in [-0.2, -0.15) is 0 Å². The Hall–Kier alpha value is -2.81. The van der Waals surface area contributed by atoms with Crippen LogP contribution in [0.4, 0.5) is 4.79 Å². The topological polar surface area (TPSA) is 93.2 Å². The molecule has 1 aliphatic heterocycles. The third kappa shape index (κ3) is 6.58. The summed E-state index contributed by atoms with van der Waals surface area (Å²) in [5.41, 5.74) is 0.686. The van der Waals surface area contributed by atoms with Gasteiger partial charge >= 0.3 is 5.97 Å². The number of esters is 1. The molecule has 0 bridgehead atoms. The van der Waals surface area contributed by atoms with Crippen LogP contribution in [0.5, 0.6) is 5.75 Å². The molecule has 1 fully saturated rings. The van der Waals surface area contributed by atoms with E-state index in [0.29, 0.717) is 11.3 Å². The number of hydrogen-bond donors (Lipinski definition) is 0. The van der Waals surface area contributed by atoms with Crippen molar-refractivity contribution in [2.24, 2.45) is 0 Å². The van der Waals surface area contributed by atoms with Crippen LogP contribution in [0.3, 0.4) is 0 Å². The average molecular weight is 449 g/mol. The second-order valence-corrected chi connectivity index (χ2v) is 8.41. The lowest BCUT2D eigenvalue weighted by atomic mass is 10.2. The molecule has 2 rings (SSSR count). The summed E-state index contributed by atoms with van der Waals surface area (Å²) in [5.74, 6) is -0.732. The number of hydrogen-bond acceptors (Lipinski definition) is 7. The molecule has 8 nitrogen and oxygen atoms in total. The molecule has 168 valence electrons. The minimum absolute atomic E-state index is 0.0347. The summed E-state index contributed by atoms with van der Waals surface area (Å²) in [6, 6.07) is 6.65. The Morgan fingerprint density at radius 3 is 2.26 bits per heavy atom. The van der Waals surface area contributed by atoms with Crippen molar-refractivity contribution < 1.29 is 28.7 Å². The third-order valence-corrected chi connectivity index (χ3v) is 5.31. The van der Waals surface area contributed by atoms with Crippen LogP contribution in [0.25, 0.3) is 6.08 Å². The summed E-state index contributed by atoms with van der Waals surface area (Å²) < 4.78 is 10.1. The maximum absolute atomic E-state index is 12.7. The van der Waals surface area contributed by atoms with E-state index in [1.165, 1.54) is 0 Å². The number of amides is 3. The molecule has 0 atom stereocenters. The molecular formula is C22H28N2O6S. The van der Waals surface area contributed by atoms with Crippen molar-refractivity contribution in [1.82, 2.24) is 9.80 Å². The second-order valence-electron chi connectivity index (χ2n) is 7.42. The minimum atomic E-state index is -0.488. The van der Waals surface area contributed by atoms with E-state index in [0.717, 1.165) is 16.7 Å². The van der Waals surface area contributed by atoms with Gasteiger partial charge in [-0.3, -0.25) is 19.3 Å². The number of carbonyl (C=O) groups excluding carboxylic acids is 4. The van der Waals surface area contributed by atoms with Crippen LogP contribution >= 0.6 is 11.8 Å². The summed E-state index contributed by atoms with van der Waals surface area (Å²) in [6.45, 7) is 9.11. The molecule has 0 N–H and O–H groups in total. The van der Waals surface area contributed by atoms with Gasteiger partial charge in [-0.25, -0.2) is 4.79 Å². The van der Waals surface area contributed by atoms with Gasteiger partial charge < -0.3 is 14.4 Å². The lowest BCUT2D eigenvalue weighted by Gasteiger charge is -2.31. The first-order valence-electron chi connectivity index (χ1n) is 10.1. The molecule has 31 heavy (non-hydrogen) atoms. The maximum Gasteiger partial charge on any atom is 0.344 e. The molecule has 0 unspecified atom stereocenters. The van der Waals surface area contributed by atoms with E-state index < -0.39 is 17.1 Å². The van der Waals surface area contributed by atoms with Crippen LogP contribution in [-0.4, -0.2) is 64.7 Å². The Balaban J connectivity index is 2.04. The van der Waals surface area contributed by atoms with Crippen molar-refractivity contribution in [2.45, 2.75) is 46.7 Å². The van der Waals surface area contributed by atoms with Crippen molar-refractivity contribution in [1.29, 1.82) is 0 Å². The van der Waals surface area contributed by atoms with Gasteiger partial charge in [-0.15, -0.1) is 0 Å². The average Bonchev–Trinajstić information content (AvgIpc) is 2.94. The summed E-state index contributed by atoms with van der Waals surface area (Å²) in [5, 5.41) is -0.466. The number of ether oxygens (including phenoxy) is 2. The molecule has 1 aromatic rings. The molecule has 0 aromatic heterocycles. The highest BCUT2D eigenvalue weighted by Gasteiger charge is 2.37. The highest BCUT2D eigenvalue weighted by atomic mass is 32.2. The molecule has 0 spiro atoms. The van der Waals surface area contributed by atoms with Crippen molar-refractivity contribution in [2.75, 3.05) is 19.8 Å². The Labute approximate surface area is 186 Å². The number of carbonyl (C=O) groups is 4. The molecule has 1 aliphatic rings. The molecule has 1 saturated heterocycles. The number of thioether (sulfide) groups is 1. The van der Waals surface area contributed by atoms with E-state index in [-0.39, 0.29) is 42.7 Å². The van der Waals surface area contributed by atoms with E-state index in [2.05, 4.69) is 0 Å². The fraction of sp³-hybridized carbons (Fsp3) is 0.455. The van der Waals surface area contributed by atoms with Crippen LogP contribution in [-0.2, 0) is 19.1 Å². The van der Waals surface area contributed by atoms with Crippen molar-refractivity contribution in [3.8, 4) is 5.75 Å². The number of imide groups is 1. The Morgan fingerprint density at radius 1 is 1.10 bits per heavy atom. The summed E-state index contributed by atoms with van der Waals surface area (Å²) >= 11 is 0.806. The number of rotatable bonds is 9. The normalized spacial score (nSPS) is 15.2. The van der Waals surface area contributed by atoms with E-state index in [1.54, 1.807) is 42.2 Å². The monoisotopic (exact) mass is 448 g/mol. The van der Waals surface area contributed by atoms with E-state index in [1.807, 2.05) is 27.7 Å². The van der Waals surface area contributed by atoms with Gasteiger partial charge in [0.05, 0.1) is 11.5 Å². The Morgan fingerprint density at radius 2 is 1.71 bits per heavy atom. The van der Waals surface area contributed by atoms with Gasteiger partial charge in [-0.05, 0) is 70.2 Å². The van der Waals surface area contributed by atoms with Crippen LogP contribution in [0.2, 0.25) is 0 Å². The van der Waals surface area contributed by atoms with Gasteiger partial charge in [0.25, 0.3) is 11.1 Å². The van der Waals surface area contributed by atoms with Crippen molar-refractivity contribution >= 4 is 40.9 Å². The van der Waals surface area contributed by atoms with Gasteiger partial charge in [0, 0.05) is 12.1 Å². The molecule has 0 aliphatic carbocycles. The molecule has 0 radical (unpaired) electrons. The predicted octanol–water partition coefficient (Wildman–Crippen LogP) is 3.31. The van der Waals surface area contributed by atoms with Crippen LogP contribution in [0, 0.1) is 0 Å². The maximum atomic E-state index is 12.7. The van der Waals surface area contributed by atoms with Gasteiger partial charge in [0.15, 0.2) is 6.61 Å². The molecule has 1 heterocycles. The molecular weight excluding hydrogens is 420 g/mol. The highest BCUT2D eigenvalue weighted by molar-refractivity contribution is 8.18. The largest absolute Gasteiger partial charge is 0.482 e. The zero-order valence-corrected chi connectivity index (χ0v) is 19.2. The predicted molar refractivity (Wildman–Crippen MR) is 118 cm³/mol. The number of nitrogens with zero attached hydrogens (tertiary/aromatic N) is 2. The standard InChI is InChI=1S/C22H28N2O6S/c1-6-29-20(26)13-30-17-9-7-16(8-10-17)11-18-21(27)23(22(28)31-18)12-19(25)24(14(2)3)15(4)5/h7-11,14-15H,6,12-13H2,1-5H3/b18-11-. The zero-order valence-electron chi connectivity index (χ0n) is 18.4. The van der Waals surface area contributed by atoms with E-state index in [9.17, 15) is 19.2 Å². The van der Waals surface area contributed by atoms with E-state index >= 15 is 0 Å². The fourth-order valence-electron chi connectivity index (χ4n) is 3.18. The summed E-state index contributed by atoms with van der Waals surface area (Å²) in [6.07, 6.45) is 1.59. The third-order valence-electron chi connectivity index (χ3n) is 4.41. The first-order valence-corrected chi connectivity index (χ1v) is 10.9. The first kappa shape index (κ1) is 24.5. The van der Waals surface area contributed by atoms with Gasteiger partial charge in [0.2, 0.25) is 5.91 Å². The lowest BCUT2D eigenvalue weighted by molar-refractivity contribution is -0.145. The van der Waals surface area contributed by atoms with Crippen LogP contribution in [0.1, 0.15) is 40.2 Å². The van der Waals surface area contributed by atoms with Crippen LogP contribution < -0.4 is 4.74 Å². The molecule has 9 heteroatoms. The summed E-state index contributed by atoms with van der Waals surface area (Å²) in [4.78, 5) is 51.9. The van der Waals surface area contributed by atoms with Gasteiger partial charge in [-0.1, -0.05) is 12.1 Å². The Kier molecular flexibility index (Phi) is 8.67. The lowest BCUT2D eigenvalue weighted by Crippen LogP contribution is -2.48. The molecule has 0 saturated carbocycles. The van der Waals surface area contributed by atoms with Crippen LogP contribution in [0.15, 0.2) is 29.2 Å². The molecule has 1 aromatic carbocycles. The van der Waals surface area contributed by atoms with E-state index in [4.69, 9.17) is 9.47 Å². The quantitative estimate of drug-likeness (QED) is 0.423. The van der Waals surface area contributed by atoms with Gasteiger partial charge in [0.1, 0.15) is 12.3 Å². The Bertz CT molecular complexity index is 855. The van der Waals surface area contributed by atoms with Crippen molar-refractivity contribution in [3.63, 3.8) is 0 Å². The molecule has 3 amide bonds. The number of benzene rings is 1. The minimum Gasteiger partial charge on any atom is -0.482 e. The first-order chi connectivity index (χ1) is 14.6.